The molecular formula is C15H21ClO3. The smallest absolute Gasteiger partial charge is 0.347 e. The van der Waals surface area contributed by atoms with E-state index in [1.54, 1.807) is 6.92 Å². The quantitative estimate of drug-likeness (QED) is 0.785. The summed E-state index contributed by atoms with van der Waals surface area (Å²) in [4.78, 5) is 11.9. The number of halogens is 1. The Morgan fingerprint density at radius 2 is 1.68 bits per heavy atom. The minimum atomic E-state index is -0.655. The fraction of sp³-hybridized carbons (Fsp3) is 0.533. The van der Waals surface area contributed by atoms with E-state index in [9.17, 15) is 4.79 Å². The lowest BCUT2D eigenvalue weighted by molar-refractivity contribution is -0.162. The van der Waals surface area contributed by atoms with Crippen LogP contribution >= 0.6 is 11.6 Å². The van der Waals surface area contributed by atoms with Crippen LogP contribution in [-0.2, 0) is 9.53 Å². The molecule has 4 heteroatoms. The molecule has 3 nitrogen and oxygen atoms in total. The molecule has 19 heavy (non-hydrogen) atoms. The largest absolute Gasteiger partial charge is 0.478 e. The average molecular weight is 285 g/mol. The summed E-state index contributed by atoms with van der Waals surface area (Å²) in [7, 11) is 0. The molecule has 0 amide bonds. The second kappa shape index (κ2) is 5.83. The Hall–Kier alpha value is -1.22. The Kier molecular flexibility index (Phi) is 4.86. The molecule has 0 aromatic heterocycles. The van der Waals surface area contributed by atoms with Crippen LogP contribution in [0.3, 0.4) is 0 Å². The van der Waals surface area contributed by atoms with Crippen molar-refractivity contribution in [3.05, 3.63) is 28.3 Å². The van der Waals surface area contributed by atoms with Gasteiger partial charge in [-0.1, -0.05) is 11.6 Å². The highest BCUT2D eigenvalue weighted by Crippen LogP contribution is 2.28. The first-order chi connectivity index (χ1) is 8.60. The summed E-state index contributed by atoms with van der Waals surface area (Å²) < 4.78 is 11.0. The fourth-order valence-corrected chi connectivity index (χ4v) is 2.02. The fourth-order valence-electron chi connectivity index (χ4n) is 1.69. The van der Waals surface area contributed by atoms with Gasteiger partial charge in [0.25, 0.3) is 0 Å². The SMILES string of the molecule is Cc1cc(Cl)cc(C)c1OC(C)C(=O)OC(C)(C)C. The van der Waals surface area contributed by atoms with E-state index in [4.69, 9.17) is 21.1 Å². The Morgan fingerprint density at radius 1 is 1.21 bits per heavy atom. The van der Waals surface area contributed by atoms with Crippen molar-refractivity contribution in [3.63, 3.8) is 0 Å². The van der Waals surface area contributed by atoms with E-state index >= 15 is 0 Å². The highest BCUT2D eigenvalue weighted by molar-refractivity contribution is 6.30. The van der Waals surface area contributed by atoms with Gasteiger partial charge in [0, 0.05) is 5.02 Å². The topological polar surface area (TPSA) is 35.5 Å². The minimum Gasteiger partial charge on any atom is -0.478 e. The number of benzene rings is 1. The van der Waals surface area contributed by atoms with Crippen molar-refractivity contribution in [1.82, 2.24) is 0 Å². The number of hydrogen-bond acceptors (Lipinski definition) is 3. The van der Waals surface area contributed by atoms with E-state index in [1.165, 1.54) is 0 Å². The molecule has 0 heterocycles. The molecule has 1 unspecified atom stereocenters. The lowest BCUT2D eigenvalue weighted by Gasteiger charge is -2.23. The molecule has 0 fully saturated rings. The molecule has 0 aliphatic carbocycles. The number of ether oxygens (including phenoxy) is 2. The first-order valence-electron chi connectivity index (χ1n) is 6.26. The molecule has 0 aliphatic rings. The van der Waals surface area contributed by atoms with Crippen molar-refractivity contribution in [2.75, 3.05) is 0 Å². The number of carbonyl (C=O) groups is 1. The summed E-state index contributed by atoms with van der Waals surface area (Å²) in [5.74, 6) is 0.309. The lowest BCUT2D eigenvalue weighted by atomic mass is 10.1. The molecule has 0 aliphatic heterocycles. The van der Waals surface area contributed by atoms with Crippen LogP contribution in [0.25, 0.3) is 0 Å². The van der Waals surface area contributed by atoms with Crippen LogP contribution in [0, 0.1) is 13.8 Å². The van der Waals surface area contributed by atoms with Crippen LogP contribution in [0.5, 0.6) is 5.75 Å². The predicted molar refractivity (Wildman–Crippen MR) is 76.9 cm³/mol. The number of esters is 1. The van der Waals surface area contributed by atoms with E-state index < -0.39 is 11.7 Å². The molecule has 1 rings (SSSR count). The second-order valence-electron chi connectivity index (χ2n) is 5.66. The zero-order valence-corrected chi connectivity index (χ0v) is 13.1. The normalized spacial score (nSPS) is 13.0. The van der Waals surface area contributed by atoms with Gasteiger partial charge < -0.3 is 9.47 Å². The monoisotopic (exact) mass is 284 g/mol. The van der Waals surface area contributed by atoms with E-state index in [1.807, 2.05) is 46.8 Å². The molecule has 0 saturated heterocycles. The molecule has 0 N–H and O–H groups in total. The van der Waals surface area contributed by atoms with Crippen LogP contribution in [-0.4, -0.2) is 17.7 Å². The van der Waals surface area contributed by atoms with Crippen molar-refractivity contribution in [2.45, 2.75) is 53.2 Å². The maximum Gasteiger partial charge on any atom is 0.347 e. The third-order valence-electron chi connectivity index (χ3n) is 2.46. The molecule has 0 saturated carbocycles. The Bertz CT molecular complexity index is 452. The standard InChI is InChI=1S/C15H21ClO3/c1-9-7-12(16)8-10(2)13(9)18-11(3)14(17)19-15(4,5)6/h7-8,11H,1-6H3. The molecule has 1 aromatic rings. The van der Waals surface area contributed by atoms with Gasteiger partial charge in [0.1, 0.15) is 11.4 Å². The minimum absolute atomic E-state index is 0.374. The third kappa shape index (κ3) is 4.75. The summed E-state index contributed by atoms with van der Waals surface area (Å²) in [6.07, 6.45) is -0.655. The van der Waals surface area contributed by atoms with Gasteiger partial charge in [-0.05, 0) is 64.8 Å². The zero-order valence-electron chi connectivity index (χ0n) is 12.3. The number of aryl methyl sites for hydroxylation is 2. The van der Waals surface area contributed by atoms with Gasteiger partial charge in [0.05, 0.1) is 0 Å². The van der Waals surface area contributed by atoms with E-state index in [-0.39, 0.29) is 5.97 Å². The van der Waals surface area contributed by atoms with Crippen LogP contribution in [0.1, 0.15) is 38.8 Å². The molecule has 1 atom stereocenters. The Balaban J connectivity index is 2.83. The van der Waals surface area contributed by atoms with Gasteiger partial charge in [-0.15, -0.1) is 0 Å². The summed E-state index contributed by atoms with van der Waals surface area (Å²) >= 11 is 5.96. The van der Waals surface area contributed by atoms with Crippen LogP contribution in [0.4, 0.5) is 0 Å². The summed E-state index contributed by atoms with van der Waals surface area (Å²) in [6, 6.07) is 3.62. The summed E-state index contributed by atoms with van der Waals surface area (Å²) in [5.41, 5.74) is 1.29. The molecule has 0 radical (unpaired) electrons. The summed E-state index contributed by atoms with van der Waals surface area (Å²) in [6.45, 7) is 11.0. The van der Waals surface area contributed by atoms with Crippen molar-refractivity contribution >= 4 is 17.6 Å². The van der Waals surface area contributed by atoms with Crippen molar-refractivity contribution in [3.8, 4) is 5.75 Å². The van der Waals surface area contributed by atoms with Gasteiger partial charge in [-0.2, -0.15) is 0 Å². The van der Waals surface area contributed by atoms with Crippen molar-refractivity contribution in [1.29, 1.82) is 0 Å². The molecular weight excluding hydrogens is 264 g/mol. The zero-order chi connectivity index (χ0) is 14.8. The highest BCUT2D eigenvalue weighted by Gasteiger charge is 2.24. The summed E-state index contributed by atoms with van der Waals surface area (Å²) in [5, 5.41) is 0.660. The highest BCUT2D eigenvalue weighted by atomic mass is 35.5. The van der Waals surface area contributed by atoms with E-state index in [0.29, 0.717) is 10.8 Å². The average Bonchev–Trinajstić information content (AvgIpc) is 2.20. The van der Waals surface area contributed by atoms with Gasteiger partial charge in [-0.3, -0.25) is 0 Å². The lowest BCUT2D eigenvalue weighted by Crippen LogP contribution is -2.33. The van der Waals surface area contributed by atoms with Crippen molar-refractivity contribution in [2.24, 2.45) is 0 Å². The Labute approximate surface area is 119 Å². The first kappa shape index (κ1) is 15.8. The maximum atomic E-state index is 11.9. The molecule has 0 spiro atoms. The number of rotatable bonds is 3. The third-order valence-corrected chi connectivity index (χ3v) is 2.68. The van der Waals surface area contributed by atoms with Crippen LogP contribution in [0.15, 0.2) is 12.1 Å². The molecule has 1 aromatic carbocycles. The van der Waals surface area contributed by atoms with Gasteiger partial charge in [0.2, 0.25) is 0 Å². The number of hydrogen-bond donors (Lipinski definition) is 0. The van der Waals surface area contributed by atoms with E-state index in [2.05, 4.69) is 0 Å². The van der Waals surface area contributed by atoms with Crippen molar-refractivity contribution < 1.29 is 14.3 Å². The van der Waals surface area contributed by atoms with Crippen LogP contribution in [0.2, 0.25) is 5.02 Å². The second-order valence-corrected chi connectivity index (χ2v) is 6.10. The first-order valence-corrected chi connectivity index (χ1v) is 6.64. The van der Waals surface area contributed by atoms with Gasteiger partial charge in [0.15, 0.2) is 6.10 Å². The predicted octanol–water partition coefficient (Wildman–Crippen LogP) is 4.07. The maximum absolute atomic E-state index is 11.9. The number of carbonyl (C=O) groups excluding carboxylic acids is 1. The molecule has 106 valence electrons. The van der Waals surface area contributed by atoms with E-state index in [0.717, 1.165) is 11.1 Å². The molecule has 0 bridgehead atoms. The van der Waals surface area contributed by atoms with Gasteiger partial charge in [-0.25, -0.2) is 4.79 Å². The van der Waals surface area contributed by atoms with Gasteiger partial charge >= 0.3 is 5.97 Å². The van der Waals surface area contributed by atoms with Crippen LogP contribution < -0.4 is 4.74 Å². The Morgan fingerprint density at radius 3 is 2.11 bits per heavy atom.